The lowest BCUT2D eigenvalue weighted by atomic mass is 10.1. The van der Waals surface area contributed by atoms with Gasteiger partial charge in [-0.05, 0) is 49.2 Å². The van der Waals surface area contributed by atoms with Gasteiger partial charge in [-0.1, -0.05) is 6.07 Å². The third-order valence-corrected chi connectivity index (χ3v) is 3.79. The fourth-order valence-corrected chi connectivity index (χ4v) is 2.53. The largest absolute Gasteiger partial charge is 0.295 e. The minimum absolute atomic E-state index is 0.281. The van der Waals surface area contributed by atoms with Crippen molar-refractivity contribution < 1.29 is 4.39 Å². The van der Waals surface area contributed by atoms with Crippen molar-refractivity contribution in [1.29, 1.82) is 0 Å². The highest BCUT2D eigenvalue weighted by Gasteiger charge is 2.12. The van der Waals surface area contributed by atoms with Crippen LogP contribution in [-0.4, -0.2) is 9.55 Å². The van der Waals surface area contributed by atoms with Crippen molar-refractivity contribution in [1.82, 2.24) is 9.55 Å². The summed E-state index contributed by atoms with van der Waals surface area (Å²) in [6.45, 7) is 4.14. The van der Waals surface area contributed by atoms with Gasteiger partial charge in [-0.3, -0.25) is 4.57 Å². The monoisotopic (exact) mass is 288 g/mol. The van der Waals surface area contributed by atoms with E-state index in [4.69, 9.17) is 11.6 Å². The van der Waals surface area contributed by atoms with Crippen LogP contribution >= 0.6 is 11.6 Å². The number of hydrogen-bond acceptors (Lipinski definition) is 1. The third kappa shape index (κ3) is 2.08. The summed E-state index contributed by atoms with van der Waals surface area (Å²) in [6.07, 6.45) is 0. The third-order valence-electron chi connectivity index (χ3n) is 3.55. The number of aromatic nitrogens is 2. The lowest BCUT2D eigenvalue weighted by Crippen LogP contribution is -2.00. The number of halogens is 2. The quantitative estimate of drug-likeness (QED) is 0.634. The maximum Gasteiger partial charge on any atom is 0.129 e. The minimum atomic E-state index is -0.289. The van der Waals surface area contributed by atoms with Gasteiger partial charge in [0.2, 0.25) is 0 Å². The van der Waals surface area contributed by atoms with Crippen molar-refractivity contribution in [3.05, 3.63) is 59.2 Å². The van der Waals surface area contributed by atoms with E-state index in [0.29, 0.717) is 5.52 Å². The Morgan fingerprint density at radius 2 is 1.90 bits per heavy atom. The van der Waals surface area contributed by atoms with Crippen LogP contribution in [0.1, 0.15) is 17.0 Å². The zero-order chi connectivity index (χ0) is 14.3. The van der Waals surface area contributed by atoms with E-state index in [-0.39, 0.29) is 11.7 Å². The van der Waals surface area contributed by atoms with Crippen LogP contribution in [0.2, 0.25) is 0 Å². The average molecular weight is 289 g/mol. The number of aryl methyl sites for hydroxylation is 2. The van der Waals surface area contributed by atoms with E-state index in [1.807, 2.05) is 10.6 Å². The van der Waals surface area contributed by atoms with Gasteiger partial charge in [0.05, 0.1) is 16.9 Å². The molecule has 0 atom stereocenters. The molecule has 0 bridgehead atoms. The Morgan fingerprint density at radius 1 is 1.10 bits per heavy atom. The Morgan fingerprint density at radius 3 is 2.60 bits per heavy atom. The fourth-order valence-electron chi connectivity index (χ4n) is 2.35. The summed E-state index contributed by atoms with van der Waals surface area (Å²) in [7, 11) is 0. The molecule has 0 radical (unpaired) electrons. The first-order chi connectivity index (χ1) is 9.60. The molecule has 0 saturated carbocycles. The van der Waals surface area contributed by atoms with E-state index in [1.165, 1.54) is 23.3 Å². The van der Waals surface area contributed by atoms with Crippen molar-refractivity contribution in [3.63, 3.8) is 0 Å². The Bertz CT molecular complexity index is 793. The zero-order valence-corrected chi connectivity index (χ0v) is 12.1. The normalized spacial score (nSPS) is 11.2. The molecule has 3 rings (SSSR count). The number of imidazole rings is 1. The Labute approximate surface area is 121 Å². The zero-order valence-electron chi connectivity index (χ0n) is 11.3. The summed E-state index contributed by atoms with van der Waals surface area (Å²) in [5.74, 6) is 0.710. The first-order valence-corrected chi connectivity index (χ1v) is 6.94. The van der Waals surface area contributed by atoms with E-state index in [2.05, 4.69) is 31.0 Å². The molecule has 0 aliphatic rings. The second-order valence-electron chi connectivity index (χ2n) is 4.90. The second-order valence-corrected chi connectivity index (χ2v) is 5.17. The van der Waals surface area contributed by atoms with Gasteiger partial charge in [0.25, 0.3) is 0 Å². The van der Waals surface area contributed by atoms with Crippen molar-refractivity contribution in [2.75, 3.05) is 0 Å². The van der Waals surface area contributed by atoms with Crippen LogP contribution in [0.4, 0.5) is 4.39 Å². The molecule has 0 aliphatic carbocycles. The first-order valence-electron chi connectivity index (χ1n) is 6.40. The van der Waals surface area contributed by atoms with Crippen molar-refractivity contribution in [3.8, 4) is 5.69 Å². The summed E-state index contributed by atoms with van der Waals surface area (Å²) in [5.41, 5.74) is 4.92. The van der Waals surface area contributed by atoms with Crippen molar-refractivity contribution in [2.45, 2.75) is 19.7 Å². The highest BCUT2D eigenvalue weighted by molar-refractivity contribution is 6.17. The molecular weight excluding hydrogens is 275 g/mol. The van der Waals surface area contributed by atoms with E-state index < -0.39 is 0 Å². The highest BCUT2D eigenvalue weighted by Crippen LogP contribution is 2.24. The van der Waals surface area contributed by atoms with Gasteiger partial charge in [-0.25, -0.2) is 9.37 Å². The number of rotatable bonds is 2. The average Bonchev–Trinajstić information content (AvgIpc) is 2.79. The summed E-state index contributed by atoms with van der Waals surface area (Å²) < 4.78 is 15.3. The summed E-state index contributed by atoms with van der Waals surface area (Å²) in [6, 6.07) is 10.8. The van der Waals surface area contributed by atoms with E-state index in [0.717, 1.165) is 17.0 Å². The molecule has 1 heterocycles. The van der Waals surface area contributed by atoms with Gasteiger partial charge in [0.1, 0.15) is 11.6 Å². The molecule has 102 valence electrons. The predicted octanol–water partition coefficient (Wildman–Crippen LogP) is 4.52. The molecule has 4 heteroatoms. The first kappa shape index (κ1) is 13.1. The number of hydrogen-bond donors (Lipinski definition) is 0. The fraction of sp³-hybridized carbons (Fsp3) is 0.188. The van der Waals surface area contributed by atoms with Gasteiger partial charge in [-0.2, -0.15) is 0 Å². The lowest BCUT2D eigenvalue weighted by molar-refractivity contribution is 0.629. The molecule has 0 spiro atoms. The SMILES string of the molecule is Cc1ccc(-n2c(CCl)nc3cc(F)ccc32)cc1C. The number of benzene rings is 2. The Hall–Kier alpha value is -1.87. The van der Waals surface area contributed by atoms with Crippen LogP contribution in [0.25, 0.3) is 16.7 Å². The molecule has 2 nitrogen and oxygen atoms in total. The molecule has 0 N–H and O–H groups in total. The predicted molar refractivity (Wildman–Crippen MR) is 80.1 cm³/mol. The highest BCUT2D eigenvalue weighted by atomic mass is 35.5. The van der Waals surface area contributed by atoms with Crippen LogP contribution in [0.15, 0.2) is 36.4 Å². The molecule has 0 unspecified atom stereocenters. The smallest absolute Gasteiger partial charge is 0.129 e. The molecule has 3 aromatic rings. The second kappa shape index (κ2) is 4.91. The standard InChI is InChI=1S/C16H14ClFN2/c1-10-3-5-13(7-11(10)2)20-15-6-4-12(18)8-14(15)19-16(20)9-17/h3-8H,9H2,1-2H3. The molecule has 0 saturated heterocycles. The molecule has 0 aliphatic heterocycles. The van der Waals surface area contributed by atoms with Crippen LogP contribution in [0, 0.1) is 19.7 Å². The summed E-state index contributed by atoms with van der Waals surface area (Å²) in [4.78, 5) is 4.41. The van der Waals surface area contributed by atoms with Gasteiger partial charge in [0, 0.05) is 11.8 Å². The number of alkyl halides is 1. The van der Waals surface area contributed by atoms with Crippen LogP contribution in [0.5, 0.6) is 0 Å². The maximum absolute atomic E-state index is 13.3. The Balaban J connectivity index is 2.30. The molecule has 20 heavy (non-hydrogen) atoms. The lowest BCUT2D eigenvalue weighted by Gasteiger charge is -2.10. The minimum Gasteiger partial charge on any atom is -0.295 e. The van der Waals surface area contributed by atoms with Crippen molar-refractivity contribution in [2.24, 2.45) is 0 Å². The maximum atomic E-state index is 13.3. The summed E-state index contributed by atoms with van der Waals surface area (Å²) in [5, 5.41) is 0. The van der Waals surface area contributed by atoms with E-state index in [1.54, 1.807) is 6.07 Å². The Kier molecular flexibility index (Phi) is 3.22. The number of nitrogens with zero attached hydrogens (tertiary/aromatic N) is 2. The van der Waals surface area contributed by atoms with E-state index in [9.17, 15) is 4.39 Å². The van der Waals surface area contributed by atoms with E-state index >= 15 is 0 Å². The molecular formula is C16H14ClFN2. The molecule has 1 aromatic heterocycles. The molecule has 2 aromatic carbocycles. The molecule has 0 fully saturated rings. The van der Waals surface area contributed by atoms with Gasteiger partial charge < -0.3 is 0 Å². The van der Waals surface area contributed by atoms with Gasteiger partial charge >= 0.3 is 0 Å². The van der Waals surface area contributed by atoms with Crippen LogP contribution < -0.4 is 0 Å². The van der Waals surface area contributed by atoms with Crippen molar-refractivity contribution >= 4 is 22.6 Å². The summed E-state index contributed by atoms with van der Waals surface area (Å²) >= 11 is 5.99. The molecule has 0 amide bonds. The van der Waals surface area contributed by atoms with Crippen LogP contribution in [-0.2, 0) is 5.88 Å². The van der Waals surface area contributed by atoms with Gasteiger partial charge in [0.15, 0.2) is 0 Å². The van der Waals surface area contributed by atoms with Crippen LogP contribution in [0.3, 0.4) is 0 Å². The number of fused-ring (bicyclic) bond motifs is 1. The topological polar surface area (TPSA) is 17.8 Å². The van der Waals surface area contributed by atoms with Gasteiger partial charge in [-0.15, -0.1) is 11.6 Å².